The third kappa shape index (κ3) is 5.92. The summed E-state index contributed by atoms with van der Waals surface area (Å²) in [6, 6.07) is 81.5. The van der Waals surface area contributed by atoms with Crippen molar-refractivity contribution < 1.29 is 0 Å². The van der Waals surface area contributed by atoms with Crippen LogP contribution in [-0.2, 0) is 0 Å². The first-order valence-corrected chi connectivity index (χ1v) is 21.3. The molecule has 0 fully saturated rings. The lowest BCUT2D eigenvalue weighted by molar-refractivity contribution is 1.61. The van der Waals surface area contributed by atoms with Crippen molar-refractivity contribution in [2.75, 3.05) is 0 Å². The molecular formula is C56H38Si. The molecular weight excluding hydrogens is 701 g/mol. The zero-order valence-electron chi connectivity index (χ0n) is 31.5. The van der Waals surface area contributed by atoms with E-state index in [1.54, 1.807) is 0 Å². The molecule has 1 heteroatoms. The molecule has 0 saturated carbocycles. The van der Waals surface area contributed by atoms with E-state index in [9.17, 15) is 0 Å². The van der Waals surface area contributed by atoms with Crippen LogP contribution in [0.4, 0.5) is 0 Å². The Hall–Kier alpha value is -7.06. The lowest BCUT2D eigenvalue weighted by Gasteiger charge is -2.20. The third-order valence-corrected chi connectivity index (χ3v) is 13.5. The fourth-order valence-corrected chi connectivity index (χ4v) is 10.7. The number of hydrogen-bond donors (Lipinski definition) is 0. The van der Waals surface area contributed by atoms with Gasteiger partial charge in [-0.25, -0.2) is 0 Å². The highest BCUT2D eigenvalue weighted by Gasteiger charge is 2.20. The summed E-state index contributed by atoms with van der Waals surface area (Å²) in [6.07, 6.45) is 0. The Labute approximate surface area is 335 Å². The van der Waals surface area contributed by atoms with Crippen LogP contribution in [0.5, 0.6) is 0 Å². The predicted molar refractivity (Wildman–Crippen MR) is 250 cm³/mol. The fourth-order valence-electron chi connectivity index (χ4n) is 9.17. The van der Waals surface area contributed by atoms with E-state index in [-0.39, 0.29) is 0 Å². The molecule has 57 heavy (non-hydrogen) atoms. The molecule has 11 rings (SSSR count). The van der Waals surface area contributed by atoms with Crippen molar-refractivity contribution in [2.24, 2.45) is 0 Å². The first-order chi connectivity index (χ1) is 28.2. The minimum atomic E-state index is -0.719. The Morgan fingerprint density at radius 1 is 0.228 bits per heavy atom. The molecule has 266 valence electrons. The average molecular weight is 739 g/mol. The molecule has 0 aliphatic rings. The van der Waals surface area contributed by atoms with Gasteiger partial charge in [-0.1, -0.05) is 204 Å². The lowest BCUT2D eigenvalue weighted by atomic mass is 9.83. The summed E-state index contributed by atoms with van der Waals surface area (Å²) < 4.78 is 0. The van der Waals surface area contributed by atoms with Crippen molar-refractivity contribution in [3.05, 3.63) is 218 Å². The van der Waals surface area contributed by atoms with Gasteiger partial charge in [0.05, 0.1) is 9.52 Å². The van der Waals surface area contributed by atoms with Crippen molar-refractivity contribution in [3.63, 3.8) is 0 Å². The molecule has 11 aromatic carbocycles. The topological polar surface area (TPSA) is 0 Å². The van der Waals surface area contributed by atoms with E-state index >= 15 is 0 Å². The summed E-state index contributed by atoms with van der Waals surface area (Å²) in [5.41, 5.74) is 9.99. The first kappa shape index (κ1) is 33.3. The predicted octanol–water partition coefficient (Wildman–Crippen LogP) is 13.2. The van der Waals surface area contributed by atoms with Gasteiger partial charge in [0.25, 0.3) is 0 Å². The van der Waals surface area contributed by atoms with Gasteiger partial charge in [-0.3, -0.25) is 0 Å². The SMILES string of the molecule is c1ccc([SiH2]c2ccc3c(-c4ccc5ccccc5c4)c4ccccc4c(-c4cc(-c5cccc6ccccc56)cc(-c5cccc6ccccc56)c4)c3c2)cc1. The summed E-state index contributed by atoms with van der Waals surface area (Å²) in [5.74, 6) is 0. The van der Waals surface area contributed by atoms with Gasteiger partial charge >= 0.3 is 0 Å². The molecule has 0 amide bonds. The van der Waals surface area contributed by atoms with Crippen LogP contribution in [0.3, 0.4) is 0 Å². The van der Waals surface area contributed by atoms with Crippen LogP contribution in [0.2, 0.25) is 0 Å². The van der Waals surface area contributed by atoms with Crippen LogP contribution >= 0.6 is 0 Å². The highest BCUT2D eigenvalue weighted by molar-refractivity contribution is 6.67. The monoisotopic (exact) mass is 738 g/mol. The maximum atomic E-state index is 2.53. The molecule has 0 heterocycles. The van der Waals surface area contributed by atoms with Gasteiger partial charge in [0.1, 0.15) is 0 Å². The number of fused-ring (bicyclic) bond motifs is 5. The molecule has 0 radical (unpaired) electrons. The maximum Gasteiger partial charge on any atom is 0.0875 e. The number of hydrogen-bond acceptors (Lipinski definition) is 0. The zero-order valence-corrected chi connectivity index (χ0v) is 32.9. The van der Waals surface area contributed by atoms with Crippen LogP contribution in [0, 0.1) is 0 Å². The normalized spacial score (nSPS) is 11.8. The quantitative estimate of drug-likeness (QED) is 0.118. The minimum absolute atomic E-state index is 0.719. The molecule has 0 aromatic heterocycles. The van der Waals surface area contributed by atoms with E-state index in [1.165, 1.54) is 109 Å². The molecule has 0 bridgehead atoms. The van der Waals surface area contributed by atoms with Crippen molar-refractivity contribution in [3.8, 4) is 44.5 Å². The van der Waals surface area contributed by atoms with Gasteiger partial charge < -0.3 is 0 Å². The first-order valence-electron chi connectivity index (χ1n) is 19.9. The van der Waals surface area contributed by atoms with Crippen LogP contribution in [0.15, 0.2) is 218 Å². The second kappa shape index (κ2) is 13.9. The molecule has 0 spiro atoms. The van der Waals surface area contributed by atoms with Crippen LogP contribution in [0.1, 0.15) is 0 Å². The molecule has 0 aliphatic carbocycles. The van der Waals surface area contributed by atoms with E-state index in [0.29, 0.717) is 0 Å². The number of rotatable bonds is 6. The van der Waals surface area contributed by atoms with E-state index in [4.69, 9.17) is 0 Å². The Kier molecular flexibility index (Phi) is 8.12. The second-order valence-electron chi connectivity index (χ2n) is 15.3. The van der Waals surface area contributed by atoms with Gasteiger partial charge in [-0.2, -0.15) is 0 Å². The highest BCUT2D eigenvalue weighted by atomic mass is 28.2. The second-order valence-corrected chi connectivity index (χ2v) is 17.2. The molecule has 0 N–H and O–H groups in total. The Balaban J connectivity index is 1.25. The molecule has 0 unspecified atom stereocenters. The summed E-state index contributed by atoms with van der Waals surface area (Å²) in [7, 11) is -0.719. The Bertz CT molecular complexity index is 3210. The van der Waals surface area contributed by atoms with Crippen molar-refractivity contribution >= 4 is 73.8 Å². The Morgan fingerprint density at radius 3 is 1.37 bits per heavy atom. The van der Waals surface area contributed by atoms with Crippen LogP contribution in [0.25, 0.3) is 98.4 Å². The van der Waals surface area contributed by atoms with Gasteiger partial charge in [0.15, 0.2) is 0 Å². The van der Waals surface area contributed by atoms with Crippen molar-refractivity contribution in [1.29, 1.82) is 0 Å². The Morgan fingerprint density at radius 2 is 0.719 bits per heavy atom. The summed E-state index contributed by atoms with van der Waals surface area (Å²) in [5, 5.41) is 15.5. The molecule has 0 nitrogen and oxygen atoms in total. The lowest BCUT2D eigenvalue weighted by Crippen LogP contribution is -2.26. The standard InChI is InChI=1S/C56H38Si/c1-2-20-45(21-3-1)57-46-30-31-53-54(36-46)56(52-25-11-10-24-51(52)55(53)41-29-28-37-14-4-5-17-40(37)32-41)44-34-42(49-26-12-18-38-15-6-8-22-47(38)49)33-43(35-44)50-27-13-19-39-16-7-9-23-48(39)50/h1-36H,57H2. The number of benzene rings is 11. The fraction of sp³-hybridized carbons (Fsp3) is 0. The van der Waals surface area contributed by atoms with Gasteiger partial charge in [0, 0.05) is 0 Å². The molecule has 0 aliphatic heterocycles. The van der Waals surface area contributed by atoms with E-state index < -0.39 is 9.52 Å². The van der Waals surface area contributed by atoms with Gasteiger partial charge in [0.2, 0.25) is 0 Å². The highest BCUT2D eigenvalue weighted by Crippen LogP contribution is 2.46. The van der Waals surface area contributed by atoms with Crippen molar-refractivity contribution in [2.45, 2.75) is 0 Å². The minimum Gasteiger partial charge on any atom is -0.0633 e. The molecule has 0 atom stereocenters. The van der Waals surface area contributed by atoms with Crippen LogP contribution in [-0.4, -0.2) is 9.52 Å². The summed E-state index contributed by atoms with van der Waals surface area (Å²) in [6.45, 7) is 0. The van der Waals surface area contributed by atoms with Crippen molar-refractivity contribution in [1.82, 2.24) is 0 Å². The molecule has 11 aromatic rings. The van der Waals surface area contributed by atoms with Crippen LogP contribution < -0.4 is 10.4 Å². The zero-order chi connectivity index (χ0) is 37.7. The smallest absolute Gasteiger partial charge is 0.0633 e. The van der Waals surface area contributed by atoms with E-state index in [1.807, 2.05) is 0 Å². The maximum absolute atomic E-state index is 2.53. The van der Waals surface area contributed by atoms with E-state index in [2.05, 4.69) is 218 Å². The third-order valence-electron chi connectivity index (χ3n) is 11.8. The summed E-state index contributed by atoms with van der Waals surface area (Å²) >= 11 is 0. The average Bonchev–Trinajstić information content (AvgIpc) is 3.27. The summed E-state index contributed by atoms with van der Waals surface area (Å²) in [4.78, 5) is 0. The largest absolute Gasteiger partial charge is 0.0875 e. The molecule has 0 saturated heterocycles. The van der Waals surface area contributed by atoms with Gasteiger partial charge in [-0.15, -0.1) is 0 Å². The van der Waals surface area contributed by atoms with Gasteiger partial charge in [-0.05, 0) is 123 Å². The van der Waals surface area contributed by atoms with E-state index in [0.717, 1.165) is 0 Å².